The second-order valence-electron chi connectivity index (χ2n) is 6.00. The zero-order chi connectivity index (χ0) is 18.1. The van der Waals surface area contributed by atoms with Gasteiger partial charge in [0.2, 0.25) is 6.79 Å². The molecule has 0 amide bonds. The molecule has 0 radical (unpaired) electrons. The van der Waals surface area contributed by atoms with E-state index in [1.807, 2.05) is 30.3 Å². The molecule has 1 aliphatic rings. The molecule has 26 heavy (non-hydrogen) atoms. The number of fused-ring (bicyclic) bond motifs is 2. The first kappa shape index (κ1) is 16.7. The number of hydrogen-bond acceptors (Lipinski definition) is 6. The molecule has 0 saturated carbocycles. The molecule has 4 rings (SSSR count). The van der Waals surface area contributed by atoms with E-state index in [0.29, 0.717) is 11.4 Å². The van der Waals surface area contributed by atoms with Crippen molar-refractivity contribution >= 4 is 26.6 Å². The van der Waals surface area contributed by atoms with Crippen molar-refractivity contribution in [2.45, 2.75) is 18.4 Å². The lowest BCUT2D eigenvalue weighted by atomic mass is 10.2. The summed E-state index contributed by atoms with van der Waals surface area (Å²) in [5, 5.41) is 4.07. The summed E-state index contributed by atoms with van der Waals surface area (Å²) >= 11 is 0. The average Bonchev–Trinajstić information content (AvgIpc) is 3.13. The standard InChI is InChI=1S/C19H18N2O4S/c1-2-26(22,23)15-5-6-16-14(10-15)4-8-19(21-16)20-11-13-3-7-17-18(9-13)25-12-24-17/h3-10H,2,11-12H2,1H3,(H,20,21). The van der Waals surface area contributed by atoms with E-state index in [0.717, 1.165) is 33.8 Å². The molecule has 1 aromatic heterocycles. The smallest absolute Gasteiger partial charge is 0.231 e. The molecule has 0 bridgehead atoms. The van der Waals surface area contributed by atoms with Gasteiger partial charge in [-0.1, -0.05) is 13.0 Å². The molecule has 0 unspecified atom stereocenters. The van der Waals surface area contributed by atoms with Crippen molar-refractivity contribution < 1.29 is 17.9 Å². The Morgan fingerprint density at radius 1 is 1.04 bits per heavy atom. The summed E-state index contributed by atoms with van der Waals surface area (Å²) in [6, 6.07) is 14.5. The van der Waals surface area contributed by atoms with Crippen LogP contribution in [0.15, 0.2) is 53.4 Å². The van der Waals surface area contributed by atoms with Crippen LogP contribution in [0.3, 0.4) is 0 Å². The van der Waals surface area contributed by atoms with Gasteiger partial charge in [0, 0.05) is 11.9 Å². The zero-order valence-electron chi connectivity index (χ0n) is 14.2. The number of pyridine rings is 1. The molecular formula is C19H18N2O4S. The molecular weight excluding hydrogens is 352 g/mol. The van der Waals surface area contributed by atoms with Crippen LogP contribution < -0.4 is 14.8 Å². The van der Waals surface area contributed by atoms with E-state index < -0.39 is 9.84 Å². The second kappa shape index (κ2) is 6.49. The highest BCUT2D eigenvalue weighted by atomic mass is 32.2. The largest absolute Gasteiger partial charge is 0.454 e. The van der Waals surface area contributed by atoms with Gasteiger partial charge in [-0.25, -0.2) is 13.4 Å². The van der Waals surface area contributed by atoms with Gasteiger partial charge in [0.1, 0.15) is 5.82 Å². The van der Waals surface area contributed by atoms with Gasteiger partial charge < -0.3 is 14.8 Å². The highest BCUT2D eigenvalue weighted by Crippen LogP contribution is 2.32. The Balaban J connectivity index is 1.53. The first-order valence-electron chi connectivity index (χ1n) is 8.31. The first-order chi connectivity index (χ1) is 12.5. The summed E-state index contributed by atoms with van der Waals surface area (Å²) in [5.41, 5.74) is 1.80. The minimum absolute atomic E-state index is 0.0844. The number of nitrogens with one attached hydrogen (secondary N) is 1. The fourth-order valence-corrected chi connectivity index (χ4v) is 3.72. The van der Waals surface area contributed by atoms with Gasteiger partial charge >= 0.3 is 0 Å². The Hall–Kier alpha value is -2.80. The first-order valence-corrected chi connectivity index (χ1v) is 9.96. The number of anilines is 1. The van der Waals surface area contributed by atoms with Crippen molar-refractivity contribution in [3.8, 4) is 11.5 Å². The molecule has 0 aliphatic carbocycles. The normalized spacial score (nSPS) is 13.1. The summed E-state index contributed by atoms with van der Waals surface area (Å²) in [6.45, 7) is 2.49. The van der Waals surface area contributed by atoms with Crippen molar-refractivity contribution in [3.63, 3.8) is 0 Å². The molecule has 1 aliphatic heterocycles. The summed E-state index contributed by atoms with van der Waals surface area (Å²) in [5.74, 6) is 2.32. The monoisotopic (exact) mass is 370 g/mol. The molecule has 3 aromatic rings. The number of sulfone groups is 1. The SMILES string of the molecule is CCS(=O)(=O)c1ccc2nc(NCc3ccc4c(c3)OCO4)ccc2c1. The zero-order valence-corrected chi connectivity index (χ0v) is 15.0. The molecule has 6 nitrogen and oxygen atoms in total. The van der Waals surface area contributed by atoms with E-state index in [1.54, 1.807) is 25.1 Å². The molecule has 1 N–H and O–H groups in total. The van der Waals surface area contributed by atoms with Crippen LogP contribution in [0.25, 0.3) is 10.9 Å². The lowest BCUT2D eigenvalue weighted by Gasteiger charge is -2.08. The Morgan fingerprint density at radius 2 is 1.88 bits per heavy atom. The summed E-state index contributed by atoms with van der Waals surface area (Å²) in [6.07, 6.45) is 0. The number of rotatable bonds is 5. The van der Waals surface area contributed by atoms with Gasteiger partial charge in [-0.2, -0.15) is 0 Å². The van der Waals surface area contributed by atoms with Crippen molar-refractivity contribution in [2.75, 3.05) is 17.9 Å². The minimum atomic E-state index is -3.22. The maximum Gasteiger partial charge on any atom is 0.231 e. The number of ether oxygens (including phenoxy) is 2. The van der Waals surface area contributed by atoms with Crippen LogP contribution in [-0.4, -0.2) is 25.9 Å². The number of aromatic nitrogens is 1. The van der Waals surface area contributed by atoms with E-state index in [4.69, 9.17) is 9.47 Å². The Labute approximate surface area is 151 Å². The second-order valence-corrected chi connectivity index (χ2v) is 8.27. The van der Waals surface area contributed by atoms with Crippen LogP contribution in [0.1, 0.15) is 12.5 Å². The molecule has 2 heterocycles. The van der Waals surface area contributed by atoms with E-state index in [2.05, 4.69) is 10.3 Å². The maximum absolute atomic E-state index is 12.0. The highest BCUT2D eigenvalue weighted by molar-refractivity contribution is 7.91. The van der Waals surface area contributed by atoms with Gasteiger partial charge in [0.15, 0.2) is 21.3 Å². The maximum atomic E-state index is 12.0. The predicted octanol–water partition coefficient (Wildman–Crippen LogP) is 3.37. The Morgan fingerprint density at radius 3 is 2.73 bits per heavy atom. The predicted molar refractivity (Wildman–Crippen MR) is 99.4 cm³/mol. The van der Waals surface area contributed by atoms with Crippen molar-refractivity contribution in [2.24, 2.45) is 0 Å². The van der Waals surface area contributed by atoms with Gasteiger partial charge in [-0.3, -0.25) is 0 Å². The highest BCUT2D eigenvalue weighted by Gasteiger charge is 2.14. The van der Waals surface area contributed by atoms with Crippen LogP contribution in [0, 0.1) is 0 Å². The van der Waals surface area contributed by atoms with Gasteiger partial charge in [-0.05, 0) is 48.0 Å². The summed E-state index contributed by atoms with van der Waals surface area (Å²) in [4.78, 5) is 4.88. The fraction of sp³-hybridized carbons (Fsp3) is 0.211. The lowest BCUT2D eigenvalue weighted by molar-refractivity contribution is 0.174. The molecule has 134 valence electrons. The van der Waals surface area contributed by atoms with Crippen LogP contribution in [0.2, 0.25) is 0 Å². The van der Waals surface area contributed by atoms with E-state index in [9.17, 15) is 8.42 Å². The molecule has 0 saturated heterocycles. The third kappa shape index (κ3) is 3.17. The molecule has 7 heteroatoms. The number of nitrogens with zero attached hydrogens (tertiary/aromatic N) is 1. The van der Waals surface area contributed by atoms with E-state index >= 15 is 0 Å². The van der Waals surface area contributed by atoms with Crippen LogP contribution in [-0.2, 0) is 16.4 Å². The third-order valence-electron chi connectivity index (χ3n) is 4.31. The minimum Gasteiger partial charge on any atom is -0.454 e. The molecule has 2 aromatic carbocycles. The quantitative estimate of drug-likeness (QED) is 0.742. The topological polar surface area (TPSA) is 77.5 Å². The summed E-state index contributed by atoms with van der Waals surface area (Å²) < 4.78 is 34.7. The number of hydrogen-bond donors (Lipinski definition) is 1. The molecule has 0 atom stereocenters. The average molecular weight is 370 g/mol. The van der Waals surface area contributed by atoms with Crippen molar-refractivity contribution in [1.82, 2.24) is 4.98 Å². The molecule has 0 spiro atoms. The lowest BCUT2D eigenvalue weighted by Crippen LogP contribution is -2.04. The van der Waals surface area contributed by atoms with Crippen LogP contribution in [0.5, 0.6) is 11.5 Å². The summed E-state index contributed by atoms with van der Waals surface area (Å²) in [7, 11) is -3.22. The van der Waals surface area contributed by atoms with Gasteiger partial charge in [0.05, 0.1) is 16.2 Å². The fourth-order valence-electron chi connectivity index (χ4n) is 2.81. The van der Waals surface area contributed by atoms with Crippen LogP contribution in [0.4, 0.5) is 5.82 Å². The molecule has 0 fully saturated rings. The van der Waals surface area contributed by atoms with E-state index in [-0.39, 0.29) is 12.5 Å². The van der Waals surface area contributed by atoms with E-state index in [1.165, 1.54) is 0 Å². The van der Waals surface area contributed by atoms with Crippen LogP contribution >= 0.6 is 0 Å². The Kier molecular flexibility index (Phi) is 4.16. The van der Waals surface area contributed by atoms with Crippen molar-refractivity contribution in [3.05, 3.63) is 54.1 Å². The van der Waals surface area contributed by atoms with Gasteiger partial charge in [0.25, 0.3) is 0 Å². The third-order valence-corrected chi connectivity index (χ3v) is 6.04. The van der Waals surface area contributed by atoms with Gasteiger partial charge in [-0.15, -0.1) is 0 Å². The Bertz CT molecular complexity index is 1080. The number of benzene rings is 2. The van der Waals surface area contributed by atoms with Crippen molar-refractivity contribution in [1.29, 1.82) is 0 Å².